The normalized spacial score (nSPS) is 11.8. The predicted molar refractivity (Wildman–Crippen MR) is 106 cm³/mol. The van der Waals surface area contributed by atoms with Crippen molar-refractivity contribution < 1.29 is 4.79 Å². The molecule has 3 nitrogen and oxygen atoms in total. The quantitative estimate of drug-likeness (QED) is 0.539. The Kier molecular flexibility index (Phi) is 6.05. The smallest absolute Gasteiger partial charge is 0.252 e. The third-order valence-corrected chi connectivity index (χ3v) is 4.88. The van der Waals surface area contributed by atoms with Gasteiger partial charge in [0.25, 0.3) is 5.91 Å². The van der Waals surface area contributed by atoms with Crippen molar-refractivity contribution in [3.05, 3.63) is 97.7 Å². The van der Waals surface area contributed by atoms with Crippen LogP contribution in [0.15, 0.2) is 60.8 Å². The van der Waals surface area contributed by atoms with Crippen LogP contribution in [0.3, 0.4) is 0 Å². The van der Waals surface area contributed by atoms with E-state index < -0.39 is 6.04 Å². The molecule has 0 aliphatic heterocycles. The number of halogens is 4. The second kappa shape index (κ2) is 8.28. The molecule has 0 unspecified atom stereocenters. The Morgan fingerprint density at radius 2 is 1.69 bits per heavy atom. The van der Waals surface area contributed by atoms with E-state index in [1.165, 1.54) is 6.20 Å². The maximum Gasteiger partial charge on any atom is 0.252 e. The average Bonchev–Trinajstić information content (AvgIpc) is 2.63. The van der Waals surface area contributed by atoms with Crippen molar-refractivity contribution in [2.45, 2.75) is 6.04 Å². The fraction of sp³-hybridized carbons (Fsp3) is 0.0526. The average molecular weight is 426 g/mol. The summed E-state index contributed by atoms with van der Waals surface area (Å²) in [7, 11) is 0. The number of aromatic nitrogens is 1. The van der Waals surface area contributed by atoms with Gasteiger partial charge in [-0.25, -0.2) is 0 Å². The van der Waals surface area contributed by atoms with Gasteiger partial charge >= 0.3 is 0 Å². The highest BCUT2D eigenvalue weighted by molar-refractivity contribution is 6.42. The molecule has 1 N–H and O–H groups in total. The fourth-order valence-corrected chi connectivity index (χ4v) is 3.03. The Morgan fingerprint density at radius 3 is 2.35 bits per heavy atom. The summed E-state index contributed by atoms with van der Waals surface area (Å²) < 4.78 is 0. The summed E-state index contributed by atoms with van der Waals surface area (Å²) in [4.78, 5) is 17.0. The Labute approximate surface area is 170 Å². The predicted octanol–water partition coefficient (Wildman–Crippen LogP) is 6.21. The van der Waals surface area contributed by atoms with Crippen molar-refractivity contribution in [3.8, 4) is 0 Å². The Bertz CT molecular complexity index is 945. The number of rotatable bonds is 4. The number of carbonyl (C=O) groups excluding carboxylic acids is 1. The number of hydrogen-bond donors (Lipinski definition) is 1. The van der Waals surface area contributed by atoms with Gasteiger partial charge in [0.1, 0.15) is 0 Å². The van der Waals surface area contributed by atoms with Crippen LogP contribution in [-0.4, -0.2) is 10.9 Å². The molecule has 0 bridgehead atoms. The summed E-state index contributed by atoms with van der Waals surface area (Å²) >= 11 is 24.0. The standard InChI is InChI=1S/C19H12Cl4N2O/c20-13-3-1-2-12(8-13)19(26)25-18(17-7-5-14(21)10-24-17)11-4-6-15(22)16(23)9-11/h1-10,18H,(H,25,26)/t18-/m1/s1. The molecule has 0 aliphatic carbocycles. The summed E-state index contributed by atoms with van der Waals surface area (Å²) in [6.45, 7) is 0. The van der Waals surface area contributed by atoms with Gasteiger partial charge in [-0.05, 0) is 48.0 Å². The van der Waals surface area contributed by atoms with E-state index in [1.807, 2.05) is 0 Å². The maximum atomic E-state index is 12.7. The second-order valence-corrected chi connectivity index (χ2v) is 7.18. The lowest BCUT2D eigenvalue weighted by atomic mass is 10.0. The first-order valence-electron chi connectivity index (χ1n) is 7.57. The highest BCUT2D eigenvalue weighted by Gasteiger charge is 2.20. The van der Waals surface area contributed by atoms with E-state index in [9.17, 15) is 4.79 Å². The van der Waals surface area contributed by atoms with Crippen LogP contribution < -0.4 is 5.32 Å². The zero-order valence-corrected chi connectivity index (χ0v) is 16.2. The largest absolute Gasteiger partial charge is 0.340 e. The van der Waals surface area contributed by atoms with Crippen LogP contribution >= 0.6 is 46.4 Å². The van der Waals surface area contributed by atoms with Crippen molar-refractivity contribution in [1.82, 2.24) is 10.3 Å². The molecule has 0 spiro atoms. The van der Waals surface area contributed by atoms with E-state index in [-0.39, 0.29) is 5.91 Å². The number of carbonyl (C=O) groups is 1. The number of hydrogen-bond acceptors (Lipinski definition) is 2. The third-order valence-electron chi connectivity index (χ3n) is 3.69. The minimum Gasteiger partial charge on any atom is -0.340 e. The van der Waals surface area contributed by atoms with Gasteiger partial charge in [0.2, 0.25) is 0 Å². The van der Waals surface area contributed by atoms with Crippen molar-refractivity contribution >= 4 is 52.3 Å². The summed E-state index contributed by atoms with van der Waals surface area (Å²) in [6.07, 6.45) is 1.52. The molecule has 132 valence electrons. The molecule has 1 heterocycles. The number of pyridine rings is 1. The lowest BCUT2D eigenvalue weighted by Gasteiger charge is -2.19. The lowest BCUT2D eigenvalue weighted by molar-refractivity contribution is 0.0942. The minimum atomic E-state index is -0.534. The molecule has 3 rings (SSSR count). The highest BCUT2D eigenvalue weighted by Crippen LogP contribution is 2.29. The molecule has 7 heteroatoms. The van der Waals surface area contributed by atoms with E-state index in [0.29, 0.717) is 31.3 Å². The first-order valence-corrected chi connectivity index (χ1v) is 9.08. The van der Waals surface area contributed by atoms with Crippen LogP contribution in [0.5, 0.6) is 0 Å². The zero-order valence-electron chi connectivity index (χ0n) is 13.2. The van der Waals surface area contributed by atoms with Crippen LogP contribution in [-0.2, 0) is 0 Å². The van der Waals surface area contributed by atoms with Gasteiger partial charge in [0, 0.05) is 16.8 Å². The number of amides is 1. The molecule has 0 fully saturated rings. The summed E-state index contributed by atoms with van der Waals surface area (Å²) in [6, 6.07) is 14.8. The molecule has 1 atom stereocenters. The van der Waals surface area contributed by atoms with Crippen molar-refractivity contribution in [2.24, 2.45) is 0 Å². The molecule has 3 aromatic rings. The van der Waals surface area contributed by atoms with Gasteiger partial charge in [-0.1, -0.05) is 58.5 Å². The van der Waals surface area contributed by atoms with Crippen molar-refractivity contribution in [3.63, 3.8) is 0 Å². The maximum absolute atomic E-state index is 12.7. The van der Waals surface area contributed by atoms with E-state index >= 15 is 0 Å². The van der Waals surface area contributed by atoms with Gasteiger partial charge in [-0.2, -0.15) is 0 Å². The van der Waals surface area contributed by atoms with Crippen LogP contribution in [0.25, 0.3) is 0 Å². The van der Waals surface area contributed by atoms with Gasteiger partial charge in [0.15, 0.2) is 0 Å². The first kappa shape index (κ1) is 19.0. The third kappa shape index (κ3) is 4.49. The van der Waals surface area contributed by atoms with Crippen LogP contribution in [0.1, 0.15) is 27.7 Å². The SMILES string of the molecule is O=C(N[C@H](c1ccc(Cl)c(Cl)c1)c1ccc(Cl)cn1)c1cccc(Cl)c1. The van der Waals surface area contributed by atoms with Gasteiger partial charge in [-0.3, -0.25) is 9.78 Å². The molecule has 0 saturated carbocycles. The second-order valence-electron chi connectivity index (χ2n) is 5.49. The van der Waals surface area contributed by atoms with Gasteiger partial charge < -0.3 is 5.32 Å². The molecule has 1 amide bonds. The Hall–Kier alpha value is -1.78. The van der Waals surface area contributed by atoms with E-state index in [0.717, 1.165) is 5.56 Å². The number of nitrogens with one attached hydrogen (secondary N) is 1. The molecular weight excluding hydrogens is 414 g/mol. The van der Waals surface area contributed by atoms with Crippen LogP contribution in [0, 0.1) is 0 Å². The topological polar surface area (TPSA) is 42.0 Å². The minimum absolute atomic E-state index is 0.291. The van der Waals surface area contributed by atoms with Crippen molar-refractivity contribution in [1.29, 1.82) is 0 Å². The van der Waals surface area contributed by atoms with Crippen LogP contribution in [0.2, 0.25) is 20.1 Å². The van der Waals surface area contributed by atoms with E-state index in [1.54, 1.807) is 54.6 Å². The molecule has 2 aromatic carbocycles. The van der Waals surface area contributed by atoms with Crippen molar-refractivity contribution in [2.75, 3.05) is 0 Å². The summed E-state index contributed by atoms with van der Waals surface area (Å²) in [5.74, 6) is -0.291. The monoisotopic (exact) mass is 424 g/mol. The summed E-state index contributed by atoms with van der Waals surface area (Å²) in [5, 5.41) is 4.76. The molecule has 0 saturated heterocycles. The van der Waals surface area contributed by atoms with E-state index in [4.69, 9.17) is 46.4 Å². The molecule has 0 radical (unpaired) electrons. The molecule has 1 aromatic heterocycles. The lowest BCUT2D eigenvalue weighted by Crippen LogP contribution is -2.30. The van der Waals surface area contributed by atoms with Crippen LogP contribution in [0.4, 0.5) is 0 Å². The van der Waals surface area contributed by atoms with Gasteiger partial charge in [0.05, 0.1) is 26.8 Å². The molecular formula is C19H12Cl4N2O. The Morgan fingerprint density at radius 1 is 0.885 bits per heavy atom. The molecule has 0 aliphatic rings. The fourth-order valence-electron chi connectivity index (χ4n) is 2.42. The van der Waals surface area contributed by atoms with Gasteiger partial charge in [-0.15, -0.1) is 0 Å². The Balaban J connectivity index is 1.98. The first-order chi connectivity index (χ1) is 12.4. The number of nitrogens with zero attached hydrogens (tertiary/aromatic N) is 1. The number of benzene rings is 2. The molecule has 26 heavy (non-hydrogen) atoms. The summed E-state index contributed by atoms with van der Waals surface area (Å²) in [5.41, 5.74) is 1.80. The zero-order chi connectivity index (χ0) is 18.7. The van der Waals surface area contributed by atoms with E-state index in [2.05, 4.69) is 10.3 Å². The highest BCUT2D eigenvalue weighted by atomic mass is 35.5.